The van der Waals surface area contributed by atoms with Crippen LogP contribution in [0.2, 0.25) is 0 Å². The first kappa shape index (κ1) is 12.9. The standard InChI is InChI=1S/C14H26N2O/c1-14(2)7-5-11(6-8-14)16-13(17)9-12(15)10-3-4-10/h10-12H,3-9,15H2,1-2H3,(H,16,17). The van der Waals surface area contributed by atoms with Gasteiger partial charge in [0.2, 0.25) is 5.91 Å². The Balaban J connectivity index is 1.68. The summed E-state index contributed by atoms with van der Waals surface area (Å²) in [7, 11) is 0. The van der Waals surface area contributed by atoms with Gasteiger partial charge in [0.1, 0.15) is 0 Å². The number of hydrogen-bond acceptors (Lipinski definition) is 2. The summed E-state index contributed by atoms with van der Waals surface area (Å²) in [5, 5.41) is 3.15. The minimum Gasteiger partial charge on any atom is -0.353 e. The molecular formula is C14H26N2O. The third kappa shape index (κ3) is 3.98. The van der Waals surface area contributed by atoms with Gasteiger partial charge in [-0.1, -0.05) is 13.8 Å². The summed E-state index contributed by atoms with van der Waals surface area (Å²) in [4.78, 5) is 11.8. The Hall–Kier alpha value is -0.570. The summed E-state index contributed by atoms with van der Waals surface area (Å²) >= 11 is 0. The molecule has 2 fully saturated rings. The zero-order valence-corrected chi connectivity index (χ0v) is 11.2. The Morgan fingerprint density at radius 3 is 2.41 bits per heavy atom. The number of hydrogen-bond donors (Lipinski definition) is 2. The molecule has 0 radical (unpaired) electrons. The predicted octanol–water partition coefficient (Wildman–Crippen LogP) is 2.20. The molecule has 17 heavy (non-hydrogen) atoms. The molecule has 2 aliphatic carbocycles. The highest BCUT2D eigenvalue weighted by atomic mass is 16.1. The van der Waals surface area contributed by atoms with Crippen molar-refractivity contribution in [3.05, 3.63) is 0 Å². The molecule has 0 spiro atoms. The lowest BCUT2D eigenvalue weighted by Crippen LogP contribution is -2.41. The molecule has 0 saturated heterocycles. The largest absolute Gasteiger partial charge is 0.353 e. The Labute approximate surface area is 105 Å². The number of nitrogens with two attached hydrogens (primary N) is 1. The van der Waals surface area contributed by atoms with E-state index in [-0.39, 0.29) is 11.9 Å². The first-order valence-electron chi connectivity index (χ1n) is 7.01. The molecular weight excluding hydrogens is 212 g/mol. The fraction of sp³-hybridized carbons (Fsp3) is 0.929. The van der Waals surface area contributed by atoms with Gasteiger partial charge in [0, 0.05) is 18.5 Å². The third-order valence-corrected chi connectivity index (χ3v) is 4.35. The van der Waals surface area contributed by atoms with Crippen molar-refractivity contribution in [3.63, 3.8) is 0 Å². The van der Waals surface area contributed by atoms with E-state index < -0.39 is 0 Å². The van der Waals surface area contributed by atoms with Gasteiger partial charge < -0.3 is 11.1 Å². The van der Waals surface area contributed by atoms with Crippen molar-refractivity contribution in [2.24, 2.45) is 17.1 Å². The molecule has 0 bridgehead atoms. The van der Waals surface area contributed by atoms with Gasteiger partial charge in [0.15, 0.2) is 0 Å². The first-order valence-corrected chi connectivity index (χ1v) is 7.01. The van der Waals surface area contributed by atoms with E-state index in [0.29, 0.717) is 23.8 Å². The normalized spacial score (nSPS) is 26.5. The van der Waals surface area contributed by atoms with E-state index in [9.17, 15) is 4.79 Å². The average molecular weight is 238 g/mol. The van der Waals surface area contributed by atoms with Crippen LogP contribution in [0.4, 0.5) is 0 Å². The SMILES string of the molecule is CC1(C)CCC(NC(=O)CC(N)C2CC2)CC1. The fourth-order valence-electron chi connectivity index (χ4n) is 2.74. The second-order valence-electron chi connectivity index (χ2n) is 6.71. The molecule has 1 atom stereocenters. The van der Waals surface area contributed by atoms with Crippen LogP contribution in [0.15, 0.2) is 0 Å². The summed E-state index contributed by atoms with van der Waals surface area (Å²) in [6.45, 7) is 4.63. The van der Waals surface area contributed by atoms with Crippen LogP contribution >= 0.6 is 0 Å². The van der Waals surface area contributed by atoms with Gasteiger partial charge in [-0.15, -0.1) is 0 Å². The minimum absolute atomic E-state index is 0.0926. The topological polar surface area (TPSA) is 55.1 Å². The molecule has 1 unspecified atom stereocenters. The monoisotopic (exact) mass is 238 g/mol. The van der Waals surface area contributed by atoms with Gasteiger partial charge >= 0.3 is 0 Å². The van der Waals surface area contributed by atoms with E-state index in [1.54, 1.807) is 0 Å². The molecule has 0 aliphatic heterocycles. The van der Waals surface area contributed by atoms with Crippen LogP contribution in [0.3, 0.4) is 0 Å². The highest BCUT2D eigenvalue weighted by Crippen LogP contribution is 2.35. The van der Waals surface area contributed by atoms with Crippen LogP contribution in [0.5, 0.6) is 0 Å². The number of carbonyl (C=O) groups is 1. The van der Waals surface area contributed by atoms with E-state index in [0.717, 1.165) is 12.8 Å². The van der Waals surface area contributed by atoms with Crippen LogP contribution in [0.1, 0.15) is 58.8 Å². The quantitative estimate of drug-likeness (QED) is 0.789. The van der Waals surface area contributed by atoms with Crippen molar-refractivity contribution in [2.45, 2.75) is 70.9 Å². The average Bonchev–Trinajstić information content (AvgIpc) is 3.04. The smallest absolute Gasteiger partial charge is 0.221 e. The molecule has 98 valence electrons. The molecule has 3 N–H and O–H groups in total. The van der Waals surface area contributed by atoms with Crippen molar-refractivity contribution < 1.29 is 4.79 Å². The van der Waals surface area contributed by atoms with Crippen molar-refractivity contribution in [2.75, 3.05) is 0 Å². The van der Waals surface area contributed by atoms with Gasteiger partial charge in [0.05, 0.1) is 0 Å². The minimum atomic E-state index is 0.0926. The van der Waals surface area contributed by atoms with Gasteiger partial charge in [0.25, 0.3) is 0 Å². The third-order valence-electron chi connectivity index (χ3n) is 4.35. The zero-order valence-electron chi connectivity index (χ0n) is 11.2. The zero-order chi connectivity index (χ0) is 12.5. The van der Waals surface area contributed by atoms with Crippen LogP contribution in [-0.4, -0.2) is 18.0 Å². The summed E-state index contributed by atoms with van der Waals surface area (Å²) in [5.74, 6) is 0.778. The Kier molecular flexibility index (Phi) is 3.76. The van der Waals surface area contributed by atoms with Gasteiger partial charge in [-0.3, -0.25) is 4.79 Å². The molecule has 2 aliphatic rings. The fourth-order valence-corrected chi connectivity index (χ4v) is 2.74. The lowest BCUT2D eigenvalue weighted by molar-refractivity contribution is -0.122. The van der Waals surface area contributed by atoms with Crippen molar-refractivity contribution in [3.8, 4) is 0 Å². The molecule has 0 aromatic rings. The molecule has 0 aromatic carbocycles. The van der Waals surface area contributed by atoms with Gasteiger partial charge in [-0.05, 0) is 49.9 Å². The molecule has 3 nitrogen and oxygen atoms in total. The Morgan fingerprint density at radius 1 is 1.29 bits per heavy atom. The molecule has 1 amide bonds. The maximum atomic E-state index is 11.8. The lowest BCUT2D eigenvalue weighted by Gasteiger charge is -2.34. The Bertz CT molecular complexity index is 274. The Morgan fingerprint density at radius 2 is 1.88 bits per heavy atom. The van der Waals surface area contributed by atoms with Crippen molar-refractivity contribution in [1.29, 1.82) is 0 Å². The highest BCUT2D eigenvalue weighted by molar-refractivity contribution is 5.77. The number of rotatable bonds is 4. The van der Waals surface area contributed by atoms with Crippen molar-refractivity contribution in [1.82, 2.24) is 5.32 Å². The predicted molar refractivity (Wildman–Crippen MR) is 69.5 cm³/mol. The van der Waals surface area contributed by atoms with Crippen LogP contribution in [0, 0.1) is 11.3 Å². The summed E-state index contributed by atoms with van der Waals surface area (Å²) < 4.78 is 0. The second-order valence-corrected chi connectivity index (χ2v) is 6.71. The van der Waals surface area contributed by atoms with Gasteiger partial charge in [-0.25, -0.2) is 0 Å². The second kappa shape index (κ2) is 4.97. The van der Waals surface area contributed by atoms with E-state index >= 15 is 0 Å². The van der Waals surface area contributed by atoms with Crippen LogP contribution in [0.25, 0.3) is 0 Å². The summed E-state index contributed by atoms with van der Waals surface area (Å²) in [6, 6.07) is 0.483. The molecule has 2 saturated carbocycles. The maximum absolute atomic E-state index is 11.8. The molecule has 0 heterocycles. The van der Waals surface area contributed by atoms with E-state index in [2.05, 4.69) is 19.2 Å². The first-order chi connectivity index (χ1) is 7.96. The van der Waals surface area contributed by atoms with Gasteiger partial charge in [-0.2, -0.15) is 0 Å². The number of amides is 1. The summed E-state index contributed by atoms with van der Waals surface area (Å²) in [6.07, 6.45) is 7.62. The molecule has 2 rings (SSSR count). The highest BCUT2D eigenvalue weighted by Gasteiger charge is 2.31. The van der Waals surface area contributed by atoms with Crippen molar-refractivity contribution >= 4 is 5.91 Å². The lowest BCUT2D eigenvalue weighted by atomic mass is 9.75. The number of nitrogens with one attached hydrogen (secondary N) is 1. The molecule has 3 heteroatoms. The number of carbonyl (C=O) groups excluding carboxylic acids is 1. The van der Waals surface area contributed by atoms with Crippen LogP contribution < -0.4 is 11.1 Å². The molecule has 0 aromatic heterocycles. The van der Waals surface area contributed by atoms with E-state index in [1.807, 2.05) is 0 Å². The maximum Gasteiger partial charge on any atom is 0.221 e. The summed E-state index contributed by atoms with van der Waals surface area (Å²) in [5.41, 5.74) is 6.43. The van der Waals surface area contributed by atoms with E-state index in [4.69, 9.17) is 5.73 Å². The van der Waals surface area contributed by atoms with Crippen LogP contribution in [-0.2, 0) is 4.79 Å². The van der Waals surface area contributed by atoms with E-state index in [1.165, 1.54) is 25.7 Å².